The van der Waals surface area contributed by atoms with Gasteiger partial charge in [-0.1, -0.05) is 6.92 Å². The Morgan fingerprint density at radius 3 is 3.00 bits per heavy atom. The topological polar surface area (TPSA) is 54.0 Å². The molecule has 5 heteroatoms. The SMILES string of the molecule is CCc1ncc(CNCCC(=O)NC)s1. The van der Waals surface area contributed by atoms with E-state index in [-0.39, 0.29) is 5.91 Å². The Morgan fingerprint density at radius 1 is 1.60 bits per heavy atom. The maximum Gasteiger partial charge on any atom is 0.221 e. The monoisotopic (exact) mass is 227 g/mol. The maximum absolute atomic E-state index is 10.9. The van der Waals surface area contributed by atoms with Gasteiger partial charge in [0.25, 0.3) is 0 Å². The number of rotatable bonds is 6. The molecular weight excluding hydrogens is 210 g/mol. The van der Waals surface area contributed by atoms with Crippen LogP contribution in [0.5, 0.6) is 0 Å². The third-order valence-corrected chi connectivity index (χ3v) is 3.15. The Balaban J connectivity index is 2.17. The number of hydrogen-bond acceptors (Lipinski definition) is 4. The molecular formula is C10H17N3OS. The quantitative estimate of drug-likeness (QED) is 0.711. The minimum absolute atomic E-state index is 0.0704. The van der Waals surface area contributed by atoms with Gasteiger partial charge in [-0.3, -0.25) is 4.79 Å². The van der Waals surface area contributed by atoms with E-state index in [0.29, 0.717) is 13.0 Å². The lowest BCUT2D eigenvalue weighted by Crippen LogP contribution is -2.24. The summed E-state index contributed by atoms with van der Waals surface area (Å²) >= 11 is 1.72. The molecule has 0 fully saturated rings. The van der Waals surface area contributed by atoms with E-state index in [9.17, 15) is 4.79 Å². The molecule has 1 amide bonds. The van der Waals surface area contributed by atoms with Gasteiger partial charge in [0, 0.05) is 37.6 Å². The first-order valence-electron chi connectivity index (χ1n) is 5.11. The van der Waals surface area contributed by atoms with Crippen molar-refractivity contribution in [3.05, 3.63) is 16.1 Å². The third-order valence-electron chi connectivity index (χ3n) is 2.01. The van der Waals surface area contributed by atoms with E-state index in [4.69, 9.17) is 0 Å². The Bertz CT molecular complexity index is 311. The number of amides is 1. The zero-order chi connectivity index (χ0) is 11.1. The van der Waals surface area contributed by atoms with Gasteiger partial charge in [-0.2, -0.15) is 0 Å². The highest BCUT2D eigenvalue weighted by Gasteiger charge is 2.00. The molecule has 0 aliphatic rings. The zero-order valence-electron chi connectivity index (χ0n) is 9.17. The highest BCUT2D eigenvalue weighted by atomic mass is 32.1. The molecule has 1 aromatic rings. The number of aromatic nitrogens is 1. The van der Waals surface area contributed by atoms with Crippen LogP contribution in [0.15, 0.2) is 6.20 Å². The van der Waals surface area contributed by atoms with Crippen LogP contribution in [0.4, 0.5) is 0 Å². The standard InChI is InChI=1S/C10H17N3OS/c1-3-10-13-7-8(15-10)6-12-5-4-9(14)11-2/h7,12H,3-6H2,1-2H3,(H,11,14). The fourth-order valence-electron chi connectivity index (χ4n) is 1.13. The Kier molecular flexibility index (Phi) is 5.28. The van der Waals surface area contributed by atoms with Crippen molar-refractivity contribution in [2.45, 2.75) is 26.3 Å². The summed E-state index contributed by atoms with van der Waals surface area (Å²) in [5.41, 5.74) is 0. The molecule has 1 rings (SSSR count). The summed E-state index contributed by atoms with van der Waals surface area (Å²) in [4.78, 5) is 16.4. The molecule has 2 N–H and O–H groups in total. The number of aryl methyl sites for hydroxylation is 1. The number of nitrogens with zero attached hydrogens (tertiary/aromatic N) is 1. The van der Waals surface area contributed by atoms with Crippen LogP contribution >= 0.6 is 11.3 Å². The molecule has 1 heterocycles. The lowest BCUT2D eigenvalue weighted by atomic mass is 10.4. The van der Waals surface area contributed by atoms with Gasteiger partial charge < -0.3 is 10.6 Å². The van der Waals surface area contributed by atoms with Crippen molar-refractivity contribution in [3.8, 4) is 0 Å². The van der Waals surface area contributed by atoms with Gasteiger partial charge in [0.05, 0.1) is 5.01 Å². The van der Waals surface area contributed by atoms with E-state index in [1.807, 2.05) is 6.20 Å². The average Bonchev–Trinajstić information content (AvgIpc) is 2.72. The molecule has 15 heavy (non-hydrogen) atoms. The van der Waals surface area contributed by atoms with Crippen molar-refractivity contribution in [3.63, 3.8) is 0 Å². The van der Waals surface area contributed by atoms with Crippen LogP contribution in [0, 0.1) is 0 Å². The van der Waals surface area contributed by atoms with Gasteiger partial charge >= 0.3 is 0 Å². The number of thiazole rings is 1. The lowest BCUT2D eigenvalue weighted by molar-refractivity contribution is -0.120. The van der Waals surface area contributed by atoms with Crippen molar-refractivity contribution < 1.29 is 4.79 Å². The summed E-state index contributed by atoms with van der Waals surface area (Å²) in [6, 6.07) is 0. The van der Waals surface area contributed by atoms with Crippen molar-refractivity contribution in [1.82, 2.24) is 15.6 Å². The van der Waals surface area contributed by atoms with E-state index < -0.39 is 0 Å². The first-order valence-corrected chi connectivity index (χ1v) is 5.92. The number of carbonyl (C=O) groups excluding carboxylic acids is 1. The average molecular weight is 227 g/mol. The summed E-state index contributed by atoms with van der Waals surface area (Å²) in [5.74, 6) is 0.0704. The minimum Gasteiger partial charge on any atom is -0.359 e. The molecule has 0 unspecified atom stereocenters. The lowest BCUT2D eigenvalue weighted by Gasteiger charge is -2.01. The van der Waals surface area contributed by atoms with Crippen LogP contribution in [0.1, 0.15) is 23.2 Å². The smallest absolute Gasteiger partial charge is 0.221 e. The minimum atomic E-state index is 0.0704. The number of hydrogen-bond donors (Lipinski definition) is 2. The first-order chi connectivity index (χ1) is 7.26. The molecule has 4 nitrogen and oxygen atoms in total. The van der Waals surface area contributed by atoms with Crippen LogP contribution < -0.4 is 10.6 Å². The second kappa shape index (κ2) is 6.53. The van der Waals surface area contributed by atoms with E-state index in [1.165, 1.54) is 4.88 Å². The fraction of sp³-hybridized carbons (Fsp3) is 0.600. The van der Waals surface area contributed by atoms with Crippen molar-refractivity contribution in [2.24, 2.45) is 0 Å². The van der Waals surface area contributed by atoms with Crippen LogP contribution in [-0.4, -0.2) is 24.5 Å². The van der Waals surface area contributed by atoms with Gasteiger partial charge in [0.1, 0.15) is 0 Å². The second-order valence-corrected chi connectivity index (χ2v) is 4.37. The molecule has 84 valence electrons. The van der Waals surface area contributed by atoms with Crippen molar-refractivity contribution >= 4 is 17.2 Å². The molecule has 0 aromatic carbocycles. The normalized spacial score (nSPS) is 10.3. The summed E-state index contributed by atoms with van der Waals surface area (Å²) in [7, 11) is 1.65. The van der Waals surface area contributed by atoms with Crippen molar-refractivity contribution in [2.75, 3.05) is 13.6 Å². The maximum atomic E-state index is 10.9. The highest BCUT2D eigenvalue weighted by Crippen LogP contribution is 2.12. The van der Waals surface area contributed by atoms with Gasteiger partial charge in [-0.05, 0) is 6.42 Å². The van der Waals surface area contributed by atoms with Crippen LogP contribution in [-0.2, 0) is 17.8 Å². The summed E-state index contributed by atoms with van der Waals surface area (Å²) in [5, 5.41) is 6.97. The van der Waals surface area contributed by atoms with Crippen LogP contribution in [0.2, 0.25) is 0 Å². The van der Waals surface area contributed by atoms with E-state index in [1.54, 1.807) is 18.4 Å². The number of carbonyl (C=O) groups is 1. The Morgan fingerprint density at radius 2 is 2.40 bits per heavy atom. The molecule has 0 saturated carbocycles. The van der Waals surface area contributed by atoms with Crippen molar-refractivity contribution in [1.29, 1.82) is 0 Å². The fourth-order valence-corrected chi connectivity index (χ4v) is 1.96. The van der Waals surface area contributed by atoms with Crippen LogP contribution in [0.25, 0.3) is 0 Å². The Hall–Kier alpha value is -0.940. The summed E-state index contributed by atoms with van der Waals surface area (Å²) < 4.78 is 0. The molecule has 0 saturated heterocycles. The molecule has 0 atom stereocenters. The van der Waals surface area contributed by atoms with Gasteiger partial charge in [-0.15, -0.1) is 11.3 Å². The predicted molar refractivity (Wildman–Crippen MR) is 61.9 cm³/mol. The van der Waals surface area contributed by atoms with E-state index in [0.717, 1.165) is 18.0 Å². The van der Waals surface area contributed by atoms with Gasteiger partial charge in [0.15, 0.2) is 0 Å². The largest absolute Gasteiger partial charge is 0.359 e. The zero-order valence-corrected chi connectivity index (χ0v) is 9.99. The molecule has 0 radical (unpaired) electrons. The van der Waals surface area contributed by atoms with Crippen LogP contribution in [0.3, 0.4) is 0 Å². The van der Waals surface area contributed by atoms with Gasteiger partial charge in [-0.25, -0.2) is 4.98 Å². The first kappa shape index (κ1) is 12.1. The molecule has 0 aliphatic carbocycles. The molecule has 0 spiro atoms. The predicted octanol–water partition coefficient (Wildman–Crippen LogP) is 0.931. The van der Waals surface area contributed by atoms with E-state index >= 15 is 0 Å². The Labute approximate surface area is 94.1 Å². The number of nitrogens with one attached hydrogen (secondary N) is 2. The molecule has 0 aliphatic heterocycles. The second-order valence-electron chi connectivity index (χ2n) is 3.17. The van der Waals surface area contributed by atoms with E-state index in [2.05, 4.69) is 22.5 Å². The highest BCUT2D eigenvalue weighted by molar-refractivity contribution is 7.11. The third kappa shape index (κ3) is 4.40. The van der Waals surface area contributed by atoms with Gasteiger partial charge in [0.2, 0.25) is 5.91 Å². The molecule has 0 bridgehead atoms. The summed E-state index contributed by atoms with van der Waals surface area (Å²) in [6.07, 6.45) is 3.41. The molecule has 1 aromatic heterocycles. The summed E-state index contributed by atoms with van der Waals surface area (Å²) in [6.45, 7) is 3.61.